The van der Waals surface area contributed by atoms with E-state index in [1.165, 1.54) is 20.3 Å². The summed E-state index contributed by atoms with van der Waals surface area (Å²) in [7, 11) is 2.97. The normalized spacial score (nSPS) is 10.4. The first-order chi connectivity index (χ1) is 14.3. The van der Waals surface area contributed by atoms with Gasteiger partial charge in [0.1, 0.15) is 17.3 Å². The van der Waals surface area contributed by atoms with Gasteiger partial charge in [-0.1, -0.05) is 34.8 Å². The van der Waals surface area contributed by atoms with E-state index in [2.05, 4.69) is 10.6 Å². The molecule has 0 saturated heterocycles. The molecule has 0 atom stereocenters. The summed E-state index contributed by atoms with van der Waals surface area (Å²) in [5.74, 6) is 0.786. The fraction of sp³-hybridized carbons (Fsp3) is 0.100. The van der Waals surface area contributed by atoms with E-state index < -0.39 is 5.91 Å². The summed E-state index contributed by atoms with van der Waals surface area (Å²) >= 11 is 23.4. The molecule has 0 unspecified atom stereocenters. The van der Waals surface area contributed by atoms with Crippen LogP contribution in [0.15, 0.2) is 46.9 Å². The summed E-state index contributed by atoms with van der Waals surface area (Å²) < 4.78 is 16.1. The summed E-state index contributed by atoms with van der Waals surface area (Å²) in [5.41, 5.74) is 1.08. The second-order valence-corrected chi connectivity index (χ2v) is 7.54. The predicted octanol–water partition coefficient (Wildman–Crippen LogP) is 6.05. The molecule has 2 N–H and O–H groups in total. The van der Waals surface area contributed by atoms with Crippen molar-refractivity contribution in [2.45, 2.75) is 0 Å². The number of thiocarbonyl (C=S) groups is 1. The van der Waals surface area contributed by atoms with E-state index in [9.17, 15) is 4.79 Å². The van der Waals surface area contributed by atoms with Crippen molar-refractivity contribution in [2.24, 2.45) is 0 Å². The van der Waals surface area contributed by atoms with Crippen LogP contribution in [0.3, 0.4) is 0 Å². The highest BCUT2D eigenvalue weighted by Gasteiger charge is 2.17. The number of carbonyl (C=O) groups is 1. The number of amides is 1. The Hall–Kier alpha value is -2.45. The lowest BCUT2D eigenvalue weighted by Crippen LogP contribution is -2.34. The van der Waals surface area contributed by atoms with E-state index in [1.807, 2.05) is 0 Å². The van der Waals surface area contributed by atoms with Crippen molar-refractivity contribution in [3.63, 3.8) is 0 Å². The van der Waals surface area contributed by atoms with Crippen LogP contribution < -0.4 is 20.1 Å². The van der Waals surface area contributed by atoms with Crippen LogP contribution in [-0.4, -0.2) is 25.2 Å². The predicted molar refractivity (Wildman–Crippen MR) is 122 cm³/mol. The molecule has 0 saturated carbocycles. The largest absolute Gasteiger partial charge is 0.495 e. The van der Waals surface area contributed by atoms with E-state index in [1.54, 1.807) is 36.4 Å². The van der Waals surface area contributed by atoms with Gasteiger partial charge >= 0.3 is 0 Å². The molecule has 3 aromatic rings. The van der Waals surface area contributed by atoms with Gasteiger partial charge < -0.3 is 19.2 Å². The zero-order chi connectivity index (χ0) is 21.8. The highest BCUT2D eigenvalue weighted by atomic mass is 35.5. The lowest BCUT2D eigenvalue weighted by Gasteiger charge is -2.14. The molecule has 10 heteroatoms. The van der Waals surface area contributed by atoms with Gasteiger partial charge in [0.15, 0.2) is 10.9 Å². The third kappa shape index (κ3) is 4.99. The third-order valence-corrected chi connectivity index (χ3v) is 5.02. The first kappa shape index (κ1) is 22.2. The van der Waals surface area contributed by atoms with Crippen LogP contribution in [-0.2, 0) is 0 Å². The minimum absolute atomic E-state index is 0.0325. The number of furan rings is 1. The van der Waals surface area contributed by atoms with Crippen molar-refractivity contribution in [3.05, 3.63) is 63.3 Å². The molecule has 6 nitrogen and oxygen atoms in total. The quantitative estimate of drug-likeness (QED) is 0.429. The Kier molecular flexibility index (Phi) is 7.10. The Bertz CT molecular complexity index is 1120. The summed E-state index contributed by atoms with van der Waals surface area (Å²) in [6.07, 6.45) is 0. The van der Waals surface area contributed by atoms with Gasteiger partial charge in [-0.15, -0.1) is 0 Å². The van der Waals surface area contributed by atoms with E-state index in [-0.39, 0.29) is 10.9 Å². The lowest BCUT2D eigenvalue weighted by atomic mass is 10.2. The van der Waals surface area contributed by atoms with Gasteiger partial charge in [0.05, 0.1) is 30.0 Å². The van der Waals surface area contributed by atoms with Gasteiger partial charge in [-0.3, -0.25) is 10.1 Å². The van der Waals surface area contributed by atoms with E-state index in [4.69, 9.17) is 60.9 Å². The molecule has 3 rings (SSSR count). The van der Waals surface area contributed by atoms with Crippen molar-refractivity contribution in [1.82, 2.24) is 5.32 Å². The van der Waals surface area contributed by atoms with Crippen molar-refractivity contribution >= 4 is 63.7 Å². The average Bonchev–Trinajstić information content (AvgIpc) is 3.19. The monoisotopic (exact) mass is 484 g/mol. The van der Waals surface area contributed by atoms with Crippen LogP contribution >= 0.6 is 47.0 Å². The van der Waals surface area contributed by atoms with Crippen molar-refractivity contribution in [1.29, 1.82) is 0 Å². The standard InChI is InChI=1S/C20H15Cl3N2O4S/c1-27-17-9-14(18(28-2)8-13(17)23)24-20(30)25-19(26)16-6-5-15(29-16)11-4-3-10(21)7-12(11)22/h3-9H,1-2H3,(H2,24,25,26,30). The molecular weight excluding hydrogens is 471 g/mol. The third-order valence-electron chi connectivity index (χ3n) is 3.98. The Morgan fingerprint density at radius 3 is 2.37 bits per heavy atom. The minimum Gasteiger partial charge on any atom is -0.495 e. The molecule has 0 bridgehead atoms. The van der Waals surface area contributed by atoms with Gasteiger partial charge in [0.25, 0.3) is 5.91 Å². The number of hydrogen-bond acceptors (Lipinski definition) is 5. The maximum atomic E-state index is 12.5. The topological polar surface area (TPSA) is 72.7 Å². The van der Waals surface area contributed by atoms with Gasteiger partial charge in [-0.2, -0.15) is 0 Å². The molecular formula is C20H15Cl3N2O4S. The SMILES string of the molecule is COc1cc(NC(=S)NC(=O)c2ccc(-c3ccc(Cl)cc3Cl)o2)c(OC)cc1Cl. The van der Waals surface area contributed by atoms with Crippen LogP contribution in [0.5, 0.6) is 11.5 Å². The number of rotatable bonds is 5. The van der Waals surface area contributed by atoms with Crippen LogP contribution in [0.2, 0.25) is 15.1 Å². The smallest absolute Gasteiger partial charge is 0.293 e. The second kappa shape index (κ2) is 9.57. The molecule has 0 fully saturated rings. The van der Waals surface area contributed by atoms with Crippen LogP contribution in [0, 0.1) is 0 Å². The van der Waals surface area contributed by atoms with Crippen LogP contribution in [0.4, 0.5) is 5.69 Å². The molecule has 1 heterocycles. The number of carbonyl (C=O) groups excluding carboxylic acids is 1. The lowest BCUT2D eigenvalue weighted by molar-refractivity contribution is 0.0951. The Morgan fingerprint density at radius 2 is 1.70 bits per heavy atom. The number of ether oxygens (including phenoxy) is 2. The summed E-state index contributed by atoms with van der Waals surface area (Å²) in [5, 5.41) is 6.73. The molecule has 2 aromatic carbocycles. The average molecular weight is 486 g/mol. The van der Waals surface area contributed by atoms with E-state index in [0.29, 0.717) is 43.6 Å². The molecule has 0 spiro atoms. The first-order valence-corrected chi connectivity index (χ1v) is 9.95. The summed E-state index contributed by atoms with van der Waals surface area (Å²) in [6, 6.07) is 11.3. The Morgan fingerprint density at radius 1 is 0.967 bits per heavy atom. The molecule has 0 aliphatic heterocycles. The van der Waals surface area contributed by atoms with Crippen LogP contribution in [0.1, 0.15) is 10.6 Å². The minimum atomic E-state index is -0.538. The molecule has 0 aliphatic rings. The van der Waals surface area contributed by atoms with Crippen molar-refractivity contribution in [2.75, 3.05) is 19.5 Å². The van der Waals surface area contributed by atoms with Gasteiger partial charge in [-0.05, 0) is 42.5 Å². The molecule has 156 valence electrons. The maximum Gasteiger partial charge on any atom is 0.293 e. The molecule has 1 aromatic heterocycles. The van der Waals surface area contributed by atoms with Gasteiger partial charge in [-0.25, -0.2) is 0 Å². The van der Waals surface area contributed by atoms with Gasteiger partial charge in [0.2, 0.25) is 0 Å². The second-order valence-electron chi connectivity index (χ2n) is 5.88. The zero-order valence-electron chi connectivity index (χ0n) is 15.7. The summed E-state index contributed by atoms with van der Waals surface area (Å²) in [4.78, 5) is 12.5. The Labute approximate surface area is 193 Å². The molecule has 0 aliphatic carbocycles. The summed E-state index contributed by atoms with van der Waals surface area (Å²) in [6.45, 7) is 0. The highest BCUT2D eigenvalue weighted by molar-refractivity contribution is 7.80. The number of methoxy groups -OCH3 is 2. The molecule has 1 amide bonds. The molecule has 30 heavy (non-hydrogen) atoms. The van der Waals surface area contributed by atoms with E-state index >= 15 is 0 Å². The van der Waals surface area contributed by atoms with E-state index in [0.717, 1.165) is 0 Å². The zero-order valence-corrected chi connectivity index (χ0v) is 18.8. The number of anilines is 1. The number of halogens is 3. The highest BCUT2D eigenvalue weighted by Crippen LogP contribution is 2.36. The van der Waals surface area contributed by atoms with Crippen LogP contribution in [0.25, 0.3) is 11.3 Å². The fourth-order valence-electron chi connectivity index (χ4n) is 2.57. The number of hydrogen-bond donors (Lipinski definition) is 2. The van der Waals surface area contributed by atoms with Crippen molar-refractivity contribution < 1.29 is 18.7 Å². The number of nitrogens with one attached hydrogen (secondary N) is 2. The Balaban J connectivity index is 1.73. The fourth-order valence-corrected chi connectivity index (χ4v) is 3.51. The molecule has 0 radical (unpaired) electrons. The maximum absolute atomic E-state index is 12.5. The van der Waals surface area contributed by atoms with Gasteiger partial charge in [0, 0.05) is 22.7 Å². The number of benzene rings is 2. The van der Waals surface area contributed by atoms with Crippen molar-refractivity contribution in [3.8, 4) is 22.8 Å². The first-order valence-electron chi connectivity index (χ1n) is 8.41.